The standard InChI is InChI=1S/C38H46F6N10O13S2/c39-37(40,41)24-10-47-8-20(51-24)31(68-14-22(33(62)49-12-28(57)58)53-26(55)6-4-18(45)35(64)65)16-2-1-3-17(30(16)61)32(21-9-48-11-25(52-21)38(42,43)44)69-15-23(34(63)50-13-29(59)60)54-27(56)7-5-19(46)36(66)67/h8-11,16-19,22-23,31-32H,1-7,12-15,45-46H2,(H,49,62)(H,50,63)(H,53,55)(H,54,56)(H,57,58)(H,59,60)(H,64,65)(H,66,67). The molecule has 2 heterocycles. The van der Waals surface area contributed by atoms with Crippen LogP contribution in [0.4, 0.5) is 26.3 Å². The van der Waals surface area contributed by atoms with E-state index in [0.29, 0.717) is 35.9 Å². The smallest absolute Gasteiger partial charge is 0.434 e. The first-order valence-electron chi connectivity index (χ1n) is 20.3. The minimum Gasteiger partial charge on any atom is -0.480 e. The molecule has 1 aliphatic carbocycles. The van der Waals surface area contributed by atoms with Crippen molar-refractivity contribution in [3.63, 3.8) is 0 Å². The van der Waals surface area contributed by atoms with E-state index in [2.05, 4.69) is 30.6 Å². The highest BCUT2D eigenvalue weighted by atomic mass is 32.2. The molecule has 2 aromatic rings. The summed E-state index contributed by atoms with van der Waals surface area (Å²) in [5.41, 5.74) is 6.92. The number of Topliss-reactive ketones (excluding diaryl/α,β-unsaturated/α-hetero) is 1. The summed E-state index contributed by atoms with van der Waals surface area (Å²) in [5, 5.41) is 42.2. The fourth-order valence-electron chi connectivity index (χ4n) is 6.53. The van der Waals surface area contributed by atoms with Crippen molar-refractivity contribution in [3.05, 3.63) is 47.6 Å². The number of rotatable bonds is 26. The van der Waals surface area contributed by atoms with Gasteiger partial charge in [-0.2, -0.15) is 26.3 Å². The number of halogens is 6. The van der Waals surface area contributed by atoms with Crippen LogP contribution in [0.5, 0.6) is 0 Å². The van der Waals surface area contributed by atoms with Gasteiger partial charge in [0.2, 0.25) is 23.6 Å². The van der Waals surface area contributed by atoms with Crippen molar-refractivity contribution in [1.82, 2.24) is 41.2 Å². The number of ketones is 1. The normalized spacial score (nSPS) is 17.8. The van der Waals surface area contributed by atoms with E-state index >= 15 is 0 Å². The molecule has 0 saturated heterocycles. The van der Waals surface area contributed by atoms with Gasteiger partial charge in [-0.1, -0.05) is 6.42 Å². The molecule has 69 heavy (non-hydrogen) atoms. The fourth-order valence-corrected chi connectivity index (χ4v) is 9.38. The number of carboxylic acids is 4. The molecular weight excluding hydrogens is 983 g/mol. The Hall–Kier alpha value is -6.21. The molecule has 0 bridgehead atoms. The summed E-state index contributed by atoms with van der Waals surface area (Å²) in [5.74, 6) is -15.0. The molecule has 3 rings (SSSR count). The van der Waals surface area contributed by atoms with Gasteiger partial charge in [0.25, 0.3) is 0 Å². The molecule has 380 valence electrons. The number of amides is 4. The Morgan fingerprint density at radius 1 is 0.638 bits per heavy atom. The van der Waals surface area contributed by atoms with Gasteiger partial charge in [-0.3, -0.25) is 53.1 Å². The molecule has 4 amide bonds. The van der Waals surface area contributed by atoms with Gasteiger partial charge in [-0.25, -0.2) is 9.97 Å². The van der Waals surface area contributed by atoms with E-state index in [9.17, 15) is 69.5 Å². The lowest BCUT2D eigenvalue weighted by atomic mass is 9.76. The summed E-state index contributed by atoms with van der Waals surface area (Å²) < 4.78 is 84.1. The maximum Gasteiger partial charge on any atom is 0.434 e. The minimum atomic E-state index is -5.09. The number of hydrogen-bond acceptors (Lipinski definition) is 17. The number of nitrogens with two attached hydrogens (primary N) is 2. The fraction of sp³-hybridized carbons (Fsp3) is 0.553. The molecule has 8 atom stereocenters. The van der Waals surface area contributed by atoms with Gasteiger partial charge in [-0.05, 0) is 25.7 Å². The summed E-state index contributed by atoms with van der Waals surface area (Å²) in [6.45, 7) is -1.93. The topological polar surface area (TPSA) is 386 Å². The third-order valence-corrected chi connectivity index (χ3v) is 12.9. The molecular formula is C38H46F6N10O13S2. The molecule has 2 aromatic heterocycles. The SMILES string of the molecule is NC(CCC(=O)NC(CSC(c1cncc(C(F)(F)F)n1)C1CCCC(C(SCC(NC(=O)CCC(N)C(=O)O)C(=O)NCC(=O)O)c2cncc(C(F)(F)F)n2)C1=O)C(=O)NCC(=O)O)C(=O)O. The summed E-state index contributed by atoms with van der Waals surface area (Å²) >= 11 is 1.19. The largest absolute Gasteiger partial charge is 0.480 e. The summed E-state index contributed by atoms with van der Waals surface area (Å²) in [4.78, 5) is 127. The Morgan fingerprint density at radius 3 is 1.32 bits per heavy atom. The number of alkyl halides is 6. The lowest BCUT2D eigenvalue weighted by molar-refractivity contribution is -0.142. The predicted octanol–water partition coefficient (Wildman–Crippen LogP) is 0.294. The average Bonchev–Trinajstić information content (AvgIpc) is 3.27. The van der Waals surface area contributed by atoms with Gasteiger partial charge in [-0.15, -0.1) is 23.5 Å². The van der Waals surface area contributed by atoms with Crippen molar-refractivity contribution >= 4 is 76.8 Å². The third-order valence-electron chi connectivity index (χ3n) is 9.98. The molecule has 1 aliphatic rings. The van der Waals surface area contributed by atoms with Crippen LogP contribution in [0, 0.1) is 11.8 Å². The highest BCUT2D eigenvalue weighted by Gasteiger charge is 2.45. The first-order chi connectivity index (χ1) is 32.2. The molecule has 0 radical (unpaired) electrons. The zero-order chi connectivity index (χ0) is 51.8. The molecule has 8 unspecified atom stereocenters. The maximum absolute atomic E-state index is 14.9. The van der Waals surface area contributed by atoms with Gasteiger partial charge in [0.15, 0.2) is 11.4 Å². The first kappa shape index (κ1) is 57.1. The van der Waals surface area contributed by atoms with Crippen LogP contribution in [0.3, 0.4) is 0 Å². The van der Waals surface area contributed by atoms with Gasteiger partial charge >= 0.3 is 36.2 Å². The number of aromatic nitrogens is 4. The maximum atomic E-state index is 14.9. The van der Waals surface area contributed by atoms with Crippen LogP contribution in [0.15, 0.2) is 24.8 Å². The van der Waals surface area contributed by atoms with Gasteiger partial charge in [0.1, 0.15) is 43.0 Å². The van der Waals surface area contributed by atoms with Crippen molar-refractivity contribution in [3.8, 4) is 0 Å². The molecule has 23 nitrogen and oxygen atoms in total. The highest BCUT2D eigenvalue weighted by molar-refractivity contribution is 7.99. The second kappa shape index (κ2) is 26.0. The van der Waals surface area contributed by atoms with Crippen LogP contribution < -0.4 is 32.7 Å². The summed E-state index contributed by atoms with van der Waals surface area (Å²) in [6, 6.07) is -6.39. The van der Waals surface area contributed by atoms with E-state index < -0.39 is 185 Å². The molecule has 0 aromatic carbocycles. The van der Waals surface area contributed by atoms with Crippen molar-refractivity contribution < 1.29 is 89.9 Å². The van der Waals surface area contributed by atoms with Gasteiger partial charge < -0.3 is 53.2 Å². The summed E-state index contributed by atoms with van der Waals surface area (Å²) in [7, 11) is 0. The number of aliphatic carboxylic acids is 4. The van der Waals surface area contributed by atoms with Crippen LogP contribution in [0.1, 0.15) is 78.2 Å². The second-order valence-electron chi connectivity index (χ2n) is 15.1. The van der Waals surface area contributed by atoms with E-state index in [1.165, 1.54) is 0 Å². The molecule has 12 N–H and O–H groups in total. The Kier molecular flexibility index (Phi) is 21.5. The Bertz CT molecular complexity index is 2070. The van der Waals surface area contributed by atoms with E-state index in [-0.39, 0.29) is 19.3 Å². The molecule has 0 spiro atoms. The zero-order valence-electron chi connectivity index (χ0n) is 35.7. The minimum absolute atomic E-state index is 0.0418. The monoisotopic (exact) mass is 1030 g/mol. The van der Waals surface area contributed by atoms with Gasteiger partial charge in [0, 0.05) is 48.6 Å². The Morgan fingerprint density at radius 2 is 1.00 bits per heavy atom. The van der Waals surface area contributed by atoms with Crippen LogP contribution >= 0.6 is 23.5 Å². The van der Waals surface area contributed by atoms with Crippen molar-refractivity contribution in [1.29, 1.82) is 0 Å². The lowest BCUT2D eigenvalue weighted by Gasteiger charge is -2.36. The molecule has 1 fully saturated rings. The number of carboxylic acid groups (broad SMARTS) is 4. The second-order valence-corrected chi connectivity index (χ2v) is 17.5. The average molecular weight is 1030 g/mol. The number of carbonyl (C=O) groups excluding carboxylic acids is 5. The van der Waals surface area contributed by atoms with Crippen molar-refractivity contribution in [2.45, 2.75) is 92.0 Å². The van der Waals surface area contributed by atoms with E-state index in [0.717, 1.165) is 12.4 Å². The number of carbonyl (C=O) groups is 9. The number of nitrogens with one attached hydrogen (secondary N) is 4. The van der Waals surface area contributed by atoms with Gasteiger partial charge in [0.05, 0.1) is 34.3 Å². The molecule has 0 aliphatic heterocycles. The van der Waals surface area contributed by atoms with Crippen LogP contribution in [0.25, 0.3) is 0 Å². The molecule has 1 saturated carbocycles. The molecule has 31 heteroatoms. The van der Waals surface area contributed by atoms with E-state index in [1.807, 2.05) is 10.6 Å². The van der Waals surface area contributed by atoms with Crippen LogP contribution in [0.2, 0.25) is 0 Å². The number of hydrogen-bond donors (Lipinski definition) is 10. The van der Waals surface area contributed by atoms with E-state index in [1.54, 1.807) is 0 Å². The summed E-state index contributed by atoms with van der Waals surface area (Å²) in [6.07, 6.45) is -9.83. The third kappa shape index (κ3) is 18.3. The van der Waals surface area contributed by atoms with Crippen LogP contribution in [-0.2, 0) is 55.5 Å². The van der Waals surface area contributed by atoms with Crippen LogP contribution in [-0.4, -0.2) is 142 Å². The number of thioether (sulfide) groups is 2. The Balaban J connectivity index is 2.12. The Labute approximate surface area is 394 Å². The lowest BCUT2D eigenvalue weighted by Crippen LogP contribution is -2.50. The quantitative estimate of drug-likeness (QED) is 0.0566. The predicted molar refractivity (Wildman–Crippen MR) is 225 cm³/mol. The highest BCUT2D eigenvalue weighted by Crippen LogP contribution is 2.49. The van der Waals surface area contributed by atoms with Crippen molar-refractivity contribution in [2.75, 3.05) is 24.6 Å². The number of nitrogens with zero attached hydrogens (tertiary/aromatic N) is 4. The van der Waals surface area contributed by atoms with E-state index in [4.69, 9.17) is 31.9 Å². The van der Waals surface area contributed by atoms with Crippen molar-refractivity contribution in [2.24, 2.45) is 23.3 Å². The first-order valence-corrected chi connectivity index (χ1v) is 22.4. The zero-order valence-corrected chi connectivity index (χ0v) is 37.3.